The molecule has 1 aromatic carbocycles. The summed E-state index contributed by atoms with van der Waals surface area (Å²) >= 11 is 0. The Morgan fingerprint density at radius 3 is 2.61 bits per heavy atom. The van der Waals surface area contributed by atoms with Crippen LogP contribution in [0.1, 0.15) is 48.6 Å². The molecule has 3 heterocycles. The number of hydrogen-bond donors (Lipinski definition) is 3. The molecule has 3 N–H and O–H groups in total. The standard InChI is InChI=1S/C22H27N5O6/c1-4-23-22(30)19-18(21-24-17(32-26-21)11-27-5-7-31-8-6-27)20(33-25-19)14-9-13(12(2)3)15(28)10-16(14)29/h9-10,12,28-29H,4-8,11H2,1-3H3,(H,23,30). The van der Waals surface area contributed by atoms with Crippen LogP contribution in [0.25, 0.3) is 22.7 Å². The van der Waals surface area contributed by atoms with Crippen molar-refractivity contribution in [3.63, 3.8) is 0 Å². The van der Waals surface area contributed by atoms with E-state index in [4.69, 9.17) is 13.8 Å². The number of phenolic OH excluding ortho intramolecular Hbond substituents is 2. The van der Waals surface area contributed by atoms with Gasteiger partial charge in [0.15, 0.2) is 11.5 Å². The van der Waals surface area contributed by atoms with Gasteiger partial charge in [0.2, 0.25) is 11.7 Å². The van der Waals surface area contributed by atoms with E-state index in [-0.39, 0.29) is 45.8 Å². The maximum atomic E-state index is 12.7. The summed E-state index contributed by atoms with van der Waals surface area (Å²) in [6, 6.07) is 2.85. The number of aromatic hydroxyl groups is 2. The van der Waals surface area contributed by atoms with Crippen molar-refractivity contribution in [1.29, 1.82) is 0 Å². The summed E-state index contributed by atoms with van der Waals surface area (Å²) in [5.74, 6) is -0.159. The summed E-state index contributed by atoms with van der Waals surface area (Å²) in [6.07, 6.45) is 0. The van der Waals surface area contributed by atoms with Gasteiger partial charge in [0.05, 0.1) is 25.3 Å². The molecule has 11 heteroatoms. The minimum atomic E-state index is -0.468. The van der Waals surface area contributed by atoms with E-state index in [1.54, 1.807) is 13.0 Å². The molecule has 0 aliphatic carbocycles. The summed E-state index contributed by atoms with van der Waals surface area (Å²) in [5, 5.41) is 31.5. The van der Waals surface area contributed by atoms with Crippen LogP contribution in [0.2, 0.25) is 0 Å². The highest BCUT2D eigenvalue weighted by atomic mass is 16.5. The summed E-state index contributed by atoms with van der Waals surface area (Å²) in [5.41, 5.74) is 1.04. The summed E-state index contributed by atoms with van der Waals surface area (Å²) < 4.78 is 16.3. The number of nitrogens with zero attached hydrogens (tertiary/aromatic N) is 4. The van der Waals surface area contributed by atoms with E-state index in [0.29, 0.717) is 37.8 Å². The number of hydrogen-bond acceptors (Lipinski definition) is 10. The van der Waals surface area contributed by atoms with E-state index in [9.17, 15) is 15.0 Å². The molecule has 33 heavy (non-hydrogen) atoms. The lowest BCUT2D eigenvalue weighted by atomic mass is 9.96. The van der Waals surface area contributed by atoms with Gasteiger partial charge >= 0.3 is 0 Å². The van der Waals surface area contributed by atoms with Gasteiger partial charge in [0, 0.05) is 25.7 Å². The van der Waals surface area contributed by atoms with E-state index >= 15 is 0 Å². The molecule has 0 saturated carbocycles. The molecule has 1 aliphatic heterocycles. The molecule has 0 spiro atoms. The topological polar surface area (TPSA) is 147 Å². The Morgan fingerprint density at radius 1 is 1.15 bits per heavy atom. The molecule has 0 atom stereocenters. The van der Waals surface area contributed by atoms with Gasteiger partial charge in [-0.3, -0.25) is 9.69 Å². The van der Waals surface area contributed by atoms with Crippen molar-refractivity contribution < 1.29 is 28.8 Å². The quantitative estimate of drug-likeness (QED) is 0.483. The van der Waals surface area contributed by atoms with E-state index in [0.717, 1.165) is 13.1 Å². The van der Waals surface area contributed by atoms with Crippen molar-refractivity contribution in [2.24, 2.45) is 0 Å². The minimum Gasteiger partial charge on any atom is -0.508 e. The number of amides is 1. The molecule has 4 rings (SSSR count). The highest BCUT2D eigenvalue weighted by molar-refractivity contribution is 6.01. The maximum absolute atomic E-state index is 12.7. The lowest BCUT2D eigenvalue weighted by molar-refractivity contribution is 0.0297. The van der Waals surface area contributed by atoms with Crippen molar-refractivity contribution in [3.05, 3.63) is 29.3 Å². The van der Waals surface area contributed by atoms with Gasteiger partial charge in [-0.05, 0) is 24.5 Å². The predicted octanol–water partition coefficient (Wildman–Crippen LogP) is 2.51. The molecule has 1 saturated heterocycles. The van der Waals surface area contributed by atoms with Crippen LogP contribution in [-0.4, -0.2) is 69.2 Å². The lowest BCUT2D eigenvalue weighted by Crippen LogP contribution is -2.35. The molecule has 176 valence electrons. The molecule has 11 nitrogen and oxygen atoms in total. The third kappa shape index (κ3) is 4.69. The van der Waals surface area contributed by atoms with Gasteiger partial charge in [0.25, 0.3) is 5.91 Å². The van der Waals surface area contributed by atoms with Crippen LogP contribution in [0.5, 0.6) is 11.5 Å². The second-order valence-electron chi connectivity index (χ2n) is 8.08. The van der Waals surface area contributed by atoms with Crippen LogP contribution in [0.4, 0.5) is 0 Å². The van der Waals surface area contributed by atoms with Crippen LogP contribution in [-0.2, 0) is 11.3 Å². The zero-order chi connectivity index (χ0) is 23.5. The minimum absolute atomic E-state index is 0.0239. The van der Waals surface area contributed by atoms with Gasteiger partial charge in [0.1, 0.15) is 17.1 Å². The highest BCUT2D eigenvalue weighted by Gasteiger charge is 2.30. The van der Waals surface area contributed by atoms with Crippen LogP contribution in [0.3, 0.4) is 0 Å². The highest BCUT2D eigenvalue weighted by Crippen LogP contribution is 2.42. The fraction of sp³-hybridized carbons (Fsp3) is 0.455. The number of nitrogens with one attached hydrogen (secondary N) is 1. The van der Waals surface area contributed by atoms with Crippen LogP contribution in [0, 0.1) is 0 Å². The Labute approximate surface area is 190 Å². The normalized spacial score (nSPS) is 14.7. The second kappa shape index (κ2) is 9.59. The van der Waals surface area contributed by atoms with Gasteiger partial charge in [-0.1, -0.05) is 24.2 Å². The number of aromatic nitrogens is 3. The van der Waals surface area contributed by atoms with Gasteiger partial charge in [-0.2, -0.15) is 4.98 Å². The molecular weight excluding hydrogens is 430 g/mol. The average Bonchev–Trinajstić information content (AvgIpc) is 3.41. The van der Waals surface area contributed by atoms with Crippen molar-refractivity contribution in [1.82, 2.24) is 25.5 Å². The van der Waals surface area contributed by atoms with Crippen molar-refractivity contribution in [2.75, 3.05) is 32.8 Å². The molecule has 0 radical (unpaired) electrons. The molecule has 0 bridgehead atoms. The lowest BCUT2D eigenvalue weighted by Gasteiger charge is -2.24. The van der Waals surface area contributed by atoms with E-state index < -0.39 is 5.91 Å². The number of phenols is 2. The largest absolute Gasteiger partial charge is 0.508 e. The summed E-state index contributed by atoms with van der Waals surface area (Å²) in [4.78, 5) is 19.3. The molecule has 3 aromatic rings. The van der Waals surface area contributed by atoms with Gasteiger partial charge in [-0.25, -0.2) is 0 Å². The number of rotatable bonds is 7. The predicted molar refractivity (Wildman–Crippen MR) is 117 cm³/mol. The third-order valence-corrected chi connectivity index (χ3v) is 5.41. The van der Waals surface area contributed by atoms with Gasteiger partial charge in [-0.15, -0.1) is 0 Å². The molecular formula is C22H27N5O6. The molecule has 1 aliphatic rings. The van der Waals surface area contributed by atoms with Crippen molar-refractivity contribution in [2.45, 2.75) is 33.2 Å². The van der Waals surface area contributed by atoms with E-state index in [1.165, 1.54) is 6.07 Å². The number of benzene rings is 1. The van der Waals surface area contributed by atoms with Crippen molar-refractivity contribution in [3.8, 4) is 34.2 Å². The summed E-state index contributed by atoms with van der Waals surface area (Å²) in [7, 11) is 0. The fourth-order valence-electron chi connectivity index (χ4n) is 3.69. The maximum Gasteiger partial charge on any atom is 0.274 e. The Morgan fingerprint density at radius 2 is 1.91 bits per heavy atom. The first kappa shape index (κ1) is 22.7. The van der Waals surface area contributed by atoms with Crippen LogP contribution in [0.15, 0.2) is 21.2 Å². The third-order valence-electron chi connectivity index (χ3n) is 5.41. The Hall–Kier alpha value is -3.44. The monoisotopic (exact) mass is 457 g/mol. The molecule has 2 aromatic heterocycles. The van der Waals surface area contributed by atoms with E-state index in [1.807, 2.05) is 13.8 Å². The van der Waals surface area contributed by atoms with Crippen LogP contribution < -0.4 is 5.32 Å². The Balaban J connectivity index is 1.78. The second-order valence-corrected chi connectivity index (χ2v) is 8.08. The van der Waals surface area contributed by atoms with E-state index in [2.05, 4.69) is 25.5 Å². The Bertz CT molecular complexity index is 1130. The zero-order valence-electron chi connectivity index (χ0n) is 18.8. The van der Waals surface area contributed by atoms with Crippen LogP contribution >= 0.6 is 0 Å². The SMILES string of the molecule is CCNC(=O)c1noc(-c2cc(C(C)C)c(O)cc2O)c1-c1noc(CN2CCOCC2)n1. The first-order valence-corrected chi connectivity index (χ1v) is 10.9. The molecule has 1 amide bonds. The molecule has 1 fully saturated rings. The Kier molecular flexibility index (Phi) is 6.61. The zero-order valence-corrected chi connectivity index (χ0v) is 18.8. The number of carbonyl (C=O) groups excluding carboxylic acids is 1. The smallest absolute Gasteiger partial charge is 0.274 e. The molecule has 0 unspecified atom stereocenters. The average molecular weight is 457 g/mol. The number of morpholine rings is 1. The first-order chi connectivity index (χ1) is 15.9. The summed E-state index contributed by atoms with van der Waals surface area (Å²) in [6.45, 7) is 9.20. The van der Waals surface area contributed by atoms with Gasteiger partial charge < -0.3 is 29.3 Å². The number of carbonyl (C=O) groups is 1. The van der Waals surface area contributed by atoms with Crippen molar-refractivity contribution >= 4 is 5.91 Å². The number of ether oxygens (including phenoxy) is 1. The fourth-order valence-corrected chi connectivity index (χ4v) is 3.69. The first-order valence-electron chi connectivity index (χ1n) is 10.9.